The van der Waals surface area contributed by atoms with Crippen molar-refractivity contribution in [3.63, 3.8) is 0 Å². The van der Waals surface area contributed by atoms with Crippen LogP contribution in [0.3, 0.4) is 0 Å². The molecule has 0 radical (unpaired) electrons. The highest BCUT2D eigenvalue weighted by molar-refractivity contribution is 7.97. The molecule has 2 aromatic carbocycles. The number of rotatable bonds is 12. The molecule has 3 aromatic rings. The van der Waals surface area contributed by atoms with Crippen LogP contribution in [0, 0.1) is 0 Å². The number of piperidine rings is 1. The topological polar surface area (TPSA) is 86.8 Å². The van der Waals surface area contributed by atoms with E-state index in [1.54, 1.807) is 6.20 Å². The van der Waals surface area contributed by atoms with Gasteiger partial charge < -0.3 is 25.0 Å². The number of halogens is 1. The number of ether oxygens (including phenoxy) is 2. The van der Waals surface area contributed by atoms with E-state index < -0.39 is 0 Å². The van der Waals surface area contributed by atoms with Gasteiger partial charge in [0.05, 0.1) is 37.4 Å². The second-order valence-corrected chi connectivity index (χ2v) is 11.7. The van der Waals surface area contributed by atoms with Gasteiger partial charge in [0.15, 0.2) is 5.82 Å². The number of hydrogen-bond acceptors (Lipinski definition) is 10. The van der Waals surface area contributed by atoms with Gasteiger partial charge in [0, 0.05) is 48.9 Å². The first-order chi connectivity index (χ1) is 20.1. The predicted octanol–water partition coefficient (Wildman–Crippen LogP) is 6.32. The van der Waals surface area contributed by atoms with Crippen LogP contribution in [-0.4, -0.2) is 74.0 Å². The molecular formula is C30H40ClN7O2S. The van der Waals surface area contributed by atoms with Crippen LogP contribution in [0.1, 0.15) is 32.6 Å². The zero-order chi connectivity index (χ0) is 28.4. The third kappa shape index (κ3) is 7.96. The van der Waals surface area contributed by atoms with E-state index in [1.165, 1.54) is 17.6 Å². The Bertz CT molecular complexity index is 1270. The Kier molecular flexibility index (Phi) is 10.8. The molecule has 0 amide bonds. The number of unbranched alkanes of at least 4 members (excludes halogenated alkanes) is 1. The third-order valence-corrected chi connectivity index (χ3v) is 8.51. The standard InChI is InChI=1S/C30H40ClN7O2S/c1-3-4-17-40-27-20-23(37-13-11-22(12-14-37)38-15-18-39-19-16-38)9-10-25(27)35-30-33-21-24(31)29(36-30)34-26-7-5-6-8-28(26)41-32-2/h5-10,20-22,32H,3-4,11-19H2,1-2H3,(H2,33,34,35,36). The average molecular weight is 598 g/mol. The Balaban J connectivity index is 1.30. The molecule has 0 spiro atoms. The van der Waals surface area contributed by atoms with Crippen molar-refractivity contribution in [2.45, 2.75) is 43.5 Å². The predicted molar refractivity (Wildman–Crippen MR) is 169 cm³/mol. The van der Waals surface area contributed by atoms with E-state index in [4.69, 9.17) is 26.1 Å². The van der Waals surface area contributed by atoms with Crippen molar-refractivity contribution < 1.29 is 9.47 Å². The minimum Gasteiger partial charge on any atom is -0.491 e. The van der Waals surface area contributed by atoms with Crippen molar-refractivity contribution in [1.29, 1.82) is 0 Å². The highest BCUT2D eigenvalue weighted by Crippen LogP contribution is 2.35. The van der Waals surface area contributed by atoms with Gasteiger partial charge in [-0.3, -0.25) is 9.62 Å². The molecule has 0 saturated carbocycles. The Labute approximate surface area is 252 Å². The first-order valence-electron chi connectivity index (χ1n) is 14.5. The van der Waals surface area contributed by atoms with E-state index in [2.05, 4.69) is 55.3 Å². The maximum absolute atomic E-state index is 6.48. The highest BCUT2D eigenvalue weighted by Gasteiger charge is 2.26. The molecular weight excluding hydrogens is 558 g/mol. The minimum absolute atomic E-state index is 0.440. The van der Waals surface area contributed by atoms with Crippen LogP contribution < -0.4 is 25.0 Å². The van der Waals surface area contributed by atoms with Crippen LogP contribution in [0.2, 0.25) is 5.02 Å². The second kappa shape index (κ2) is 14.9. The Morgan fingerprint density at radius 2 is 1.85 bits per heavy atom. The van der Waals surface area contributed by atoms with Gasteiger partial charge in [-0.05, 0) is 62.5 Å². The minimum atomic E-state index is 0.440. The fourth-order valence-electron chi connectivity index (χ4n) is 5.22. The molecule has 3 N–H and O–H groups in total. The van der Waals surface area contributed by atoms with Crippen molar-refractivity contribution in [3.05, 3.63) is 53.7 Å². The maximum atomic E-state index is 6.48. The zero-order valence-corrected chi connectivity index (χ0v) is 25.4. The van der Waals surface area contributed by atoms with Crippen LogP contribution >= 0.6 is 23.5 Å². The van der Waals surface area contributed by atoms with Crippen molar-refractivity contribution in [1.82, 2.24) is 19.6 Å². The lowest BCUT2D eigenvalue weighted by molar-refractivity contribution is 0.0115. The fourth-order valence-corrected chi connectivity index (χ4v) is 5.95. The molecule has 9 nitrogen and oxygen atoms in total. The van der Waals surface area contributed by atoms with Crippen LogP contribution in [-0.2, 0) is 4.74 Å². The van der Waals surface area contributed by atoms with Crippen LogP contribution in [0.5, 0.6) is 5.75 Å². The number of benzene rings is 2. The van der Waals surface area contributed by atoms with Gasteiger partial charge in [0.25, 0.3) is 0 Å². The molecule has 0 aliphatic carbocycles. The van der Waals surface area contributed by atoms with Crippen LogP contribution in [0.25, 0.3) is 0 Å². The lowest BCUT2D eigenvalue weighted by atomic mass is 10.0. The summed E-state index contributed by atoms with van der Waals surface area (Å²) in [6.07, 6.45) is 5.99. The quantitative estimate of drug-likeness (QED) is 0.163. The molecule has 3 heterocycles. The molecule has 2 aliphatic heterocycles. The molecule has 2 aliphatic rings. The second-order valence-electron chi connectivity index (χ2n) is 10.2. The smallest absolute Gasteiger partial charge is 0.229 e. The fraction of sp³-hybridized carbons (Fsp3) is 0.467. The van der Waals surface area contributed by atoms with Crippen molar-refractivity contribution in [2.75, 3.05) is 68.6 Å². The first-order valence-corrected chi connectivity index (χ1v) is 15.7. The molecule has 0 atom stereocenters. The van der Waals surface area contributed by atoms with Crippen LogP contribution in [0.15, 0.2) is 53.6 Å². The molecule has 0 unspecified atom stereocenters. The normalized spacial score (nSPS) is 16.5. The number of para-hydroxylation sites is 1. The number of aromatic nitrogens is 2. The van der Waals surface area contributed by atoms with Gasteiger partial charge in [0.2, 0.25) is 5.95 Å². The summed E-state index contributed by atoms with van der Waals surface area (Å²) >= 11 is 8.01. The van der Waals surface area contributed by atoms with E-state index >= 15 is 0 Å². The lowest BCUT2D eigenvalue weighted by Crippen LogP contribution is -2.49. The van der Waals surface area contributed by atoms with Gasteiger partial charge in [-0.15, -0.1) is 0 Å². The summed E-state index contributed by atoms with van der Waals surface area (Å²) in [5.41, 5.74) is 2.91. The monoisotopic (exact) mass is 597 g/mol. The zero-order valence-electron chi connectivity index (χ0n) is 23.9. The van der Waals surface area contributed by atoms with E-state index in [0.29, 0.717) is 29.4 Å². The SMILES string of the molecule is CCCCOc1cc(N2CCC(N3CCOCC3)CC2)ccc1Nc1ncc(Cl)c(Nc2ccccc2SNC)n1. The van der Waals surface area contributed by atoms with Crippen molar-refractivity contribution in [2.24, 2.45) is 0 Å². The summed E-state index contributed by atoms with van der Waals surface area (Å²) in [5, 5.41) is 7.17. The largest absolute Gasteiger partial charge is 0.491 e. The Hall–Kier alpha value is -2.76. The number of nitrogens with zero attached hydrogens (tertiary/aromatic N) is 4. The molecule has 2 saturated heterocycles. The Morgan fingerprint density at radius 3 is 2.63 bits per heavy atom. The van der Waals surface area contributed by atoms with Gasteiger partial charge in [-0.2, -0.15) is 4.98 Å². The van der Waals surface area contributed by atoms with Crippen molar-refractivity contribution >= 4 is 52.4 Å². The lowest BCUT2D eigenvalue weighted by Gasteiger charge is -2.41. The molecule has 220 valence electrons. The van der Waals surface area contributed by atoms with E-state index in [9.17, 15) is 0 Å². The summed E-state index contributed by atoms with van der Waals surface area (Å²) in [6.45, 7) is 8.69. The number of hydrogen-bond donors (Lipinski definition) is 3. The molecule has 11 heteroatoms. The van der Waals surface area contributed by atoms with Gasteiger partial charge in [-0.1, -0.05) is 37.1 Å². The van der Waals surface area contributed by atoms with E-state index in [0.717, 1.165) is 87.1 Å². The maximum Gasteiger partial charge on any atom is 0.229 e. The van der Waals surface area contributed by atoms with E-state index in [1.807, 2.05) is 31.3 Å². The third-order valence-electron chi connectivity index (χ3n) is 7.46. The number of anilines is 5. The summed E-state index contributed by atoms with van der Waals surface area (Å²) in [6, 6.07) is 15.0. The molecule has 0 bridgehead atoms. The number of morpholine rings is 1. The summed E-state index contributed by atoms with van der Waals surface area (Å²) in [4.78, 5) is 15.2. The summed E-state index contributed by atoms with van der Waals surface area (Å²) in [5.74, 6) is 1.77. The summed E-state index contributed by atoms with van der Waals surface area (Å²) < 4.78 is 14.9. The van der Waals surface area contributed by atoms with Gasteiger partial charge in [-0.25, -0.2) is 4.98 Å². The molecule has 2 fully saturated rings. The Morgan fingerprint density at radius 1 is 1.05 bits per heavy atom. The molecule has 41 heavy (non-hydrogen) atoms. The van der Waals surface area contributed by atoms with Gasteiger partial charge >= 0.3 is 0 Å². The van der Waals surface area contributed by atoms with Crippen molar-refractivity contribution in [3.8, 4) is 5.75 Å². The highest BCUT2D eigenvalue weighted by atomic mass is 35.5. The van der Waals surface area contributed by atoms with Gasteiger partial charge in [0.1, 0.15) is 10.8 Å². The number of nitrogens with one attached hydrogen (secondary N) is 3. The van der Waals surface area contributed by atoms with E-state index in [-0.39, 0.29) is 0 Å². The average Bonchev–Trinajstić information content (AvgIpc) is 3.01. The summed E-state index contributed by atoms with van der Waals surface area (Å²) in [7, 11) is 1.89. The molecule has 1 aromatic heterocycles. The van der Waals surface area contributed by atoms with Crippen LogP contribution in [0.4, 0.5) is 28.8 Å². The molecule has 5 rings (SSSR count). The first kappa shape index (κ1) is 29.7.